The van der Waals surface area contributed by atoms with Crippen LogP contribution in [0.5, 0.6) is 0 Å². The van der Waals surface area contributed by atoms with Crippen LogP contribution in [0.25, 0.3) is 0 Å². The summed E-state index contributed by atoms with van der Waals surface area (Å²) in [7, 11) is 2.16. The Labute approximate surface area is 144 Å². The Morgan fingerprint density at radius 3 is 2.54 bits per heavy atom. The third-order valence-electron chi connectivity index (χ3n) is 7.98. The third kappa shape index (κ3) is 1.72. The second-order valence-electron chi connectivity index (χ2n) is 8.96. The van der Waals surface area contributed by atoms with Crippen LogP contribution in [0.4, 0.5) is 0 Å². The maximum absolute atomic E-state index is 12.8. The number of rotatable bonds is 3. The zero-order valence-electron chi connectivity index (χ0n) is 14.4. The van der Waals surface area contributed by atoms with E-state index in [0.717, 1.165) is 67.2 Å². The monoisotopic (exact) mass is 322 g/mol. The molecule has 0 radical (unpaired) electrons. The highest BCUT2D eigenvalue weighted by Gasteiger charge is 2.73. The second kappa shape index (κ2) is 4.70. The Kier molecular flexibility index (Phi) is 2.75. The molecule has 4 aliphatic carbocycles. The average Bonchev–Trinajstić information content (AvgIpc) is 3.11. The molecule has 0 aromatic heterocycles. The van der Waals surface area contributed by atoms with Crippen molar-refractivity contribution in [2.45, 2.75) is 24.7 Å². The molecule has 5 aliphatic rings. The van der Waals surface area contributed by atoms with Crippen molar-refractivity contribution in [1.82, 2.24) is 9.80 Å². The number of carbonyl (C=O) groups excluding carboxylic acids is 1. The van der Waals surface area contributed by atoms with Crippen LogP contribution in [0.2, 0.25) is 0 Å². The van der Waals surface area contributed by atoms with Crippen molar-refractivity contribution in [2.24, 2.45) is 23.7 Å². The van der Waals surface area contributed by atoms with Gasteiger partial charge in [0.05, 0.1) is 6.54 Å². The molecule has 0 amide bonds. The smallest absolute Gasteiger partial charge is 0.176 e. The maximum atomic E-state index is 12.8. The number of hydrogen-bond donors (Lipinski definition) is 0. The quantitative estimate of drug-likeness (QED) is 0.799. The van der Waals surface area contributed by atoms with E-state index in [2.05, 4.69) is 35.0 Å². The van der Waals surface area contributed by atoms with Gasteiger partial charge in [0.1, 0.15) is 0 Å². The summed E-state index contributed by atoms with van der Waals surface area (Å²) in [5, 5.41) is 0. The van der Waals surface area contributed by atoms with E-state index >= 15 is 0 Å². The highest BCUT2D eigenvalue weighted by atomic mass is 16.1. The fraction of sp³-hybridized carbons (Fsp3) is 0.667. The molecular formula is C21H26N2O. The topological polar surface area (TPSA) is 23.6 Å². The predicted molar refractivity (Wildman–Crippen MR) is 93.4 cm³/mol. The fourth-order valence-electron chi connectivity index (χ4n) is 6.63. The zero-order valence-corrected chi connectivity index (χ0v) is 14.4. The van der Waals surface area contributed by atoms with E-state index in [0.29, 0.717) is 12.3 Å². The Bertz CT molecular complexity index is 721. The van der Waals surface area contributed by atoms with E-state index in [1.807, 2.05) is 0 Å². The SMILES string of the molecule is CN1CCN(CC(=O)c2ccc3c(c2)C2C4CCC4C4C3C24)CC1. The number of nitrogens with zero attached hydrogens (tertiary/aromatic N) is 2. The van der Waals surface area contributed by atoms with E-state index in [9.17, 15) is 4.79 Å². The molecule has 3 saturated carbocycles. The lowest BCUT2D eigenvalue weighted by Crippen LogP contribution is -2.46. The van der Waals surface area contributed by atoms with Crippen LogP contribution in [0.1, 0.15) is 46.2 Å². The average molecular weight is 322 g/mol. The van der Waals surface area contributed by atoms with Crippen molar-refractivity contribution in [2.75, 3.05) is 39.8 Å². The zero-order chi connectivity index (χ0) is 16.0. The summed E-state index contributed by atoms with van der Waals surface area (Å²) in [5.41, 5.74) is 4.14. The van der Waals surface area contributed by atoms with E-state index in [1.165, 1.54) is 12.8 Å². The molecule has 0 bridgehead atoms. The van der Waals surface area contributed by atoms with Gasteiger partial charge in [-0.2, -0.15) is 0 Å². The van der Waals surface area contributed by atoms with Crippen LogP contribution >= 0.6 is 0 Å². The van der Waals surface area contributed by atoms with Gasteiger partial charge in [-0.15, -0.1) is 0 Å². The first-order valence-corrected chi connectivity index (χ1v) is 9.80. The Morgan fingerprint density at radius 1 is 1.00 bits per heavy atom. The standard InChI is InChI=1S/C21H26N2O/c1-22-6-8-23(9-7-22)11-17(24)12-2-3-15-16(10-12)18-13-4-5-14(13)19-20(15)21(18)19/h2-3,10,13-14,18-21H,4-9,11H2,1H3. The Balaban J connectivity index is 1.23. The van der Waals surface area contributed by atoms with Crippen LogP contribution in [-0.2, 0) is 0 Å². The van der Waals surface area contributed by atoms with Gasteiger partial charge in [0.2, 0.25) is 0 Å². The summed E-state index contributed by atoms with van der Waals surface area (Å²) >= 11 is 0. The molecule has 1 aliphatic heterocycles. The highest BCUT2D eigenvalue weighted by molar-refractivity contribution is 5.98. The number of hydrogen-bond acceptors (Lipinski definition) is 3. The second-order valence-corrected chi connectivity index (χ2v) is 8.96. The lowest BCUT2D eigenvalue weighted by atomic mass is 9.69. The molecule has 1 heterocycles. The molecule has 4 fully saturated rings. The molecule has 0 spiro atoms. The van der Waals surface area contributed by atoms with Gasteiger partial charge < -0.3 is 4.90 Å². The van der Waals surface area contributed by atoms with Crippen LogP contribution in [0.3, 0.4) is 0 Å². The Morgan fingerprint density at radius 2 is 1.79 bits per heavy atom. The molecule has 1 saturated heterocycles. The van der Waals surface area contributed by atoms with Gasteiger partial charge in [-0.3, -0.25) is 9.69 Å². The van der Waals surface area contributed by atoms with Gasteiger partial charge in [-0.05, 0) is 72.6 Å². The number of ketones is 1. The van der Waals surface area contributed by atoms with Crippen LogP contribution in [0.15, 0.2) is 18.2 Å². The first-order valence-electron chi connectivity index (χ1n) is 9.80. The molecule has 1 aromatic carbocycles. The van der Waals surface area contributed by atoms with Crippen molar-refractivity contribution in [1.29, 1.82) is 0 Å². The molecule has 126 valence electrons. The van der Waals surface area contributed by atoms with E-state index in [4.69, 9.17) is 0 Å². The van der Waals surface area contributed by atoms with Gasteiger partial charge in [0.15, 0.2) is 5.78 Å². The normalized spacial score (nSPS) is 42.2. The Hall–Kier alpha value is -1.19. The van der Waals surface area contributed by atoms with Crippen molar-refractivity contribution in [3.63, 3.8) is 0 Å². The maximum Gasteiger partial charge on any atom is 0.176 e. The first kappa shape index (κ1) is 14.0. The largest absolute Gasteiger partial charge is 0.304 e. The van der Waals surface area contributed by atoms with Gasteiger partial charge >= 0.3 is 0 Å². The molecule has 6 rings (SSSR count). The van der Waals surface area contributed by atoms with E-state index in [-0.39, 0.29) is 0 Å². The molecule has 3 heteroatoms. The van der Waals surface area contributed by atoms with Crippen molar-refractivity contribution in [3.05, 3.63) is 34.9 Å². The molecule has 6 atom stereocenters. The lowest BCUT2D eigenvalue weighted by molar-refractivity contribution is 0.0876. The van der Waals surface area contributed by atoms with Gasteiger partial charge in [0, 0.05) is 31.7 Å². The van der Waals surface area contributed by atoms with Crippen molar-refractivity contribution in [3.8, 4) is 0 Å². The minimum Gasteiger partial charge on any atom is -0.304 e. The first-order chi connectivity index (χ1) is 11.7. The molecule has 0 N–H and O–H groups in total. The number of fused-ring (bicyclic) bond motifs is 7. The summed E-state index contributed by atoms with van der Waals surface area (Å²) in [6.45, 7) is 4.79. The van der Waals surface area contributed by atoms with E-state index < -0.39 is 0 Å². The third-order valence-corrected chi connectivity index (χ3v) is 7.98. The summed E-state index contributed by atoms with van der Waals surface area (Å²) in [5.74, 6) is 5.97. The molecule has 24 heavy (non-hydrogen) atoms. The summed E-state index contributed by atoms with van der Waals surface area (Å²) in [6.07, 6.45) is 2.91. The number of piperazine rings is 1. The van der Waals surface area contributed by atoms with Gasteiger partial charge in [-0.1, -0.05) is 12.1 Å². The molecular weight excluding hydrogens is 296 g/mol. The minimum absolute atomic E-state index is 0.322. The molecule has 3 nitrogen and oxygen atoms in total. The number of likely N-dealkylation sites (N-methyl/N-ethyl adjacent to an activating group) is 1. The van der Waals surface area contributed by atoms with Gasteiger partial charge in [0.25, 0.3) is 0 Å². The molecule has 6 unspecified atom stereocenters. The van der Waals surface area contributed by atoms with Crippen LogP contribution in [0, 0.1) is 23.7 Å². The van der Waals surface area contributed by atoms with Crippen molar-refractivity contribution >= 4 is 5.78 Å². The lowest BCUT2D eigenvalue weighted by Gasteiger charge is -2.36. The summed E-state index contributed by atoms with van der Waals surface area (Å²) in [6, 6.07) is 6.73. The predicted octanol–water partition coefficient (Wildman–Crippen LogP) is 2.58. The van der Waals surface area contributed by atoms with Crippen LogP contribution < -0.4 is 0 Å². The fourth-order valence-corrected chi connectivity index (χ4v) is 6.63. The minimum atomic E-state index is 0.322. The number of benzene rings is 1. The summed E-state index contributed by atoms with van der Waals surface area (Å²) < 4.78 is 0. The molecule has 1 aromatic rings. The van der Waals surface area contributed by atoms with E-state index in [1.54, 1.807) is 11.1 Å². The van der Waals surface area contributed by atoms with Crippen molar-refractivity contribution < 1.29 is 4.79 Å². The number of Topliss-reactive ketones (excluding diaryl/α,β-unsaturated/α-hetero) is 1. The van der Waals surface area contributed by atoms with Crippen LogP contribution in [-0.4, -0.2) is 55.4 Å². The van der Waals surface area contributed by atoms with Gasteiger partial charge in [-0.25, -0.2) is 0 Å². The highest BCUT2D eigenvalue weighted by Crippen LogP contribution is 2.81. The summed E-state index contributed by atoms with van der Waals surface area (Å²) in [4.78, 5) is 17.5. The number of carbonyl (C=O) groups is 1.